The van der Waals surface area contributed by atoms with E-state index in [1.165, 1.54) is 17.7 Å². The monoisotopic (exact) mass is 449 g/mol. The molecule has 2 amide bonds. The van der Waals surface area contributed by atoms with Gasteiger partial charge in [0, 0.05) is 12.2 Å². The van der Waals surface area contributed by atoms with Gasteiger partial charge in [0.05, 0.1) is 6.10 Å². The van der Waals surface area contributed by atoms with Crippen LogP contribution in [0.25, 0.3) is 0 Å². The van der Waals surface area contributed by atoms with Gasteiger partial charge in [-0.05, 0) is 93.6 Å². The molecule has 5 nitrogen and oxygen atoms in total. The van der Waals surface area contributed by atoms with Crippen molar-refractivity contribution in [3.05, 3.63) is 65.5 Å². The second-order valence-electron chi connectivity index (χ2n) is 8.15. The fraction of sp³-hybridized carbons (Fsp3) is 0.458. The molecular formula is C24H33ClFN3O2. The van der Waals surface area contributed by atoms with Crippen molar-refractivity contribution < 1.29 is 14.3 Å². The zero-order valence-electron chi connectivity index (χ0n) is 18.0. The number of nitrogens with zero attached hydrogens (tertiary/aromatic N) is 1. The van der Waals surface area contributed by atoms with E-state index < -0.39 is 6.10 Å². The molecule has 7 heteroatoms. The van der Waals surface area contributed by atoms with Crippen LogP contribution < -0.4 is 10.6 Å². The summed E-state index contributed by atoms with van der Waals surface area (Å²) in [6.45, 7) is 5.44. The molecule has 1 aliphatic heterocycles. The van der Waals surface area contributed by atoms with Gasteiger partial charge < -0.3 is 20.6 Å². The van der Waals surface area contributed by atoms with E-state index in [9.17, 15) is 14.3 Å². The predicted molar refractivity (Wildman–Crippen MR) is 125 cm³/mol. The number of anilines is 1. The summed E-state index contributed by atoms with van der Waals surface area (Å²) in [4.78, 5) is 14.5. The minimum atomic E-state index is -0.561. The van der Waals surface area contributed by atoms with Crippen molar-refractivity contribution in [3.63, 3.8) is 0 Å². The van der Waals surface area contributed by atoms with Gasteiger partial charge in [-0.3, -0.25) is 0 Å². The summed E-state index contributed by atoms with van der Waals surface area (Å²) >= 11 is 0. The van der Waals surface area contributed by atoms with Crippen LogP contribution in [0.15, 0.2) is 48.5 Å². The Balaban J connectivity index is 0.00000341. The van der Waals surface area contributed by atoms with Crippen LogP contribution in [0.3, 0.4) is 0 Å². The van der Waals surface area contributed by atoms with Crippen LogP contribution in [0.5, 0.6) is 0 Å². The Hall–Kier alpha value is -2.15. The zero-order valence-corrected chi connectivity index (χ0v) is 18.8. The molecule has 0 radical (unpaired) electrons. The number of benzene rings is 2. The zero-order chi connectivity index (χ0) is 21.3. The van der Waals surface area contributed by atoms with E-state index in [2.05, 4.69) is 15.5 Å². The van der Waals surface area contributed by atoms with Crippen molar-refractivity contribution >= 4 is 24.1 Å². The SMILES string of the molecule is CC(O)c1cccc(NC(=O)NCCCN2CCC(Cc3ccc(F)cc3)CC2)c1.Cl. The number of nitrogens with one attached hydrogen (secondary N) is 2. The average molecular weight is 450 g/mol. The second kappa shape index (κ2) is 12.6. The van der Waals surface area contributed by atoms with Gasteiger partial charge in [0.15, 0.2) is 0 Å². The molecule has 1 atom stereocenters. The quantitative estimate of drug-likeness (QED) is 0.509. The highest BCUT2D eigenvalue weighted by Crippen LogP contribution is 2.22. The number of rotatable bonds is 8. The molecule has 1 unspecified atom stereocenters. The number of aliphatic hydroxyl groups is 1. The largest absolute Gasteiger partial charge is 0.389 e. The van der Waals surface area contributed by atoms with Crippen LogP contribution in [-0.4, -0.2) is 42.2 Å². The number of likely N-dealkylation sites (tertiary alicyclic amines) is 1. The molecule has 170 valence electrons. The summed E-state index contributed by atoms with van der Waals surface area (Å²) in [7, 11) is 0. The van der Waals surface area contributed by atoms with Gasteiger partial charge in [-0.15, -0.1) is 12.4 Å². The van der Waals surface area contributed by atoms with Crippen LogP contribution in [0.2, 0.25) is 0 Å². The number of hydrogen-bond acceptors (Lipinski definition) is 3. The molecule has 0 bridgehead atoms. The van der Waals surface area contributed by atoms with Crippen LogP contribution in [0, 0.1) is 11.7 Å². The minimum Gasteiger partial charge on any atom is -0.389 e. The molecule has 0 spiro atoms. The highest BCUT2D eigenvalue weighted by molar-refractivity contribution is 5.89. The van der Waals surface area contributed by atoms with Gasteiger partial charge in [0.1, 0.15) is 5.82 Å². The van der Waals surface area contributed by atoms with Gasteiger partial charge in [-0.2, -0.15) is 0 Å². The van der Waals surface area contributed by atoms with Crippen LogP contribution in [-0.2, 0) is 6.42 Å². The number of urea groups is 1. The summed E-state index contributed by atoms with van der Waals surface area (Å²) in [5.74, 6) is 0.483. The van der Waals surface area contributed by atoms with Gasteiger partial charge >= 0.3 is 6.03 Å². The topological polar surface area (TPSA) is 64.6 Å². The highest BCUT2D eigenvalue weighted by Gasteiger charge is 2.19. The van der Waals surface area contributed by atoms with E-state index in [4.69, 9.17) is 0 Å². The molecule has 0 aliphatic carbocycles. The molecule has 1 fully saturated rings. The molecule has 2 aromatic carbocycles. The summed E-state index contributed by atoms with van der Waals surface area (Å²) in [6.07, 6.45) is 3.68. The van der Waals surface area contributed by atoms with Gasteiger partial charge in [0.25, 0.3) is 0 Å². The first-order valence-electron chi connectivity index (χ1n) is 10.8. The van der Waals surface area contributed by atoms with Gasteiger partial charge in [-0.1, -0.05) is 24.3 Å². The van der Waals surface area contributed by atoms with Crippen molar-refractivity contribution in [1.82, 2.24) is 10.2 Å². The lowest BCUT2D eigenvalue weighted by Crippen LogP contribution is -2.37. The Morgan fingerprint density at radius 2 is 1.90 bits per heavy atom. The van der Waals surface area contributed by atoms with Gasteiger partial charge in [0.2, 0.25) is 0 Å². The Kier molecular flexibility index (Phi) is 10.2. The van der Waals surface area contributed by atoms with E-state index in [0.717, 1.165) is 50.9 Å². The summed E-state index contributed by atoms with van der Waals surface area (Å²) in [6, 6.07) is 13.9. The normalized spacial score (nSPS) is 15.7. The first-order chi connectivity index (χ1) is 14.5. The number of amides is 2. The Morgan fingerprint density at radius 1 is 1.19 bits per heavy atom. The summed E-state index contributed by atoms with van der Waals surface area (Å²) in [5, 5.41) is 15.3. The third-order valence-corrected chi connectivity index (χ3v) is 5.71. The van der Waals surface area contributed by atoms with Crippen LogP contribution in [0.4, 0.5) is 14.9 Å². The molecule has 1 aliphatic rings. The van der Waals surface area contributed by atoms with E-state index >= 15 is 0 Å². The fourth-order valence-electron chi connectivity index (χ4n) is 3.92. The number of carbonyl (C=O) groups is 1. The Labute approximate surface area is 190 Å². The third-order valence-electron chi connectivity index (χ3n) is 5.71. The maximum absolute atomic E-state index is 13.0. The predicted octanol–water partition coefficient (Wildman–Crippen LogP) is 4.77. The van der Waals surface area contributed by atoms with E-state index in [-0.39, 0.29) is 24.3 Å². The number of aliphatic hydroxyl groups excluding tert-OH is 1. The molecule has 31 heavy (non-hydrogen) atoms. The van der Waals surface area contributed by atoms with Crippen LogP contribution in [0.1, 0.15) is 43.4 Å². The van der Waals surface area contributed by atoms with Crippen molar-refractivity contribution in [2.24, 2.45) is 5.92 Å². The van der Waals surface area contributed by atoms with E-state index in [0.29, 0.717) is 18.2 Å². The molecule has 3 N–H and O–H groups in total. The van der Waals surface area contributed by atoms with Gasteiger partial charge in [-0.25, -0.2) is 9.18 Å². The fourth-order valence-corrected chi connectivity index (χ4v) is 3.92. The summed E-state index contributed by atoms with van der Waals surface area (Å²) < 4.78 is 13.0. The number of piperidine rings is 1. The lowest BCUT2D eigenvalue weighted by atomic mass is 9.90. The van der Waals surface area contributed by atoms with Crippen molar-refractivity contribution in [2.75, 3.05) is 31.5 Å². The molecular weight excluding hydrogens is 417 g/mol. The maximum atomic E-state index is 13.0. The van der Waals surface area contributed by atoms with E-state index in [1.807, 2.05) is 30.3 Å². The summed E-state index contributed by atoms with van der Waals surface area (Å²) in [5.41, 5.74) is 2.66. The molecule has 3 rings (SSSR count). The average Bonchev–Trinajstić information content (AvgIpc) is 2.74. The smallest absolute Gasteiger partial charge is 0.319 e. The molecule has 0 aromatic heterocycles. The molecule has 1 heterocycles. The lowest BCUT2D eigenvalue weighted by molar-refractivity contribution is 0.182. The lowest BCUT2D eigenvalue weighted by Gasteiger charge is -2.32. The molecule has 2 aromatic rings. The Morgan fingerprint density at radius 3 is 2.58 bits per heavy atom. The maximum Gasteiger partial charge on any atom is 0.319 e. The standard InChI is InChI=1S/C24H32FN3O2.ClH/c1-18(29)21-4-2-5-23(17-21)27-24(30)26-12-3-13-28-14-10-20(11-15-28)16-19-6-8-22(25)9-7-19;/h2,4-9,17-18,20,29H,3,10-16H2,1H3,(H2,26,27,30);1H. The van der Waals surface area contributed by atoms with Crippen molar-refractivity contribution in [1.29, 1.82) is 0 Å². The molecule has 0 saturated carbocycles. The Bertz CT molecular complexity index is 809. The number of hydrogen-bond donors (Lipinski definition) is 3. The number of halogens is 2. The highest BCUT2D eigenvalue weighted by atomic mass is 35.5. The van der Waals surface area contributed by atoms with Crippen LogP contribution >= 0.6 is 12.4 Å². The minimum absolute atomic E-state index is 0. The van der Waals surface area contributed by atoms with Crippen molar-refractivity contribution in [3.8, 4) is 0 Å². The third kappa shape index (κ3) is 8.48. The first kappa shape index (κ1) is 25.1. The first-order valence-corrected chi connectivity index (χ1v) is 10.8. The molecule has 1 saturated heterocycles. The van der Waals surface area contributed by atoms with E-state index in [1.54, 1.807) is 13.0 Å². The van der Waals surface area contributed by atoms with Crippen molar-refractivity contribution in [2.45, 2.75) is 38.7 Å². The second-order valence-corrected chi connectivity index (χ2v) is 8.15. The number of carbonyl (C=O) groups excluding carboxylic acids is 1.